The molecule has 2 aliphatic carbocycles. The molecule has 5 heteroatoms. The fraction of sp³-hybridized carbons (Fsp3) is 0.611. The molecule has 0 aliphatic heterocycles. The molecule has 3 nitrogen and oxygen atoms in total. The topological polar surface area (TPSA) is 55.1 Å². The second-order valence-corrected chi connectivity index (χ2v) is 7.08. The van der Waals surface area contributed by atoms with E-state index in [2.05, 4.69) is 5.32 Å². The molecule has 3 N–H and O–H groups in total. The number of hydrogen-bond acceptors (Lipinski definition) is 2. The molecule has 0 heterocycles. The van der Waals surface area contributed by atoms with Gasteiger partial charge >= 0.3 is 0 Å². The predicted octanol–water partition coefficient (Wildman–Crippen LogP) is 3.65. The van der Waals surface area contributed by atoms with Crippen LogP contribution in [-0.4, -0.2) is 12.5 Å². The monoisotopic (exact) mass is 340 g/mol. The van der Waals surface area contributed by atoms with Crippen molar-refractivity contribution in [2.45, 2.75) is 56.9 Å². The van der Waals surface area contributed by atoms with E-state index < -0.39 is 0 Å². The van der Waals surface area contributed by atoms with E-state index in [0.717, 1.165) is 31.2 Å². The minimum Gasteiger partial charge on any atom is -0.347 e. The number of hydrogen-bond donors (Lipinski definition) is 2. The number of nitrogens with one attached hydrogen (secondary N) is 1. The third-order valence-corrected chi connectivity index (χ3v) is 5.39. The van der Waals surface area contributed by atoms with Crippen LogP contribution in [0.1, 0.15) is 56.9 Å². The Labute approximate surface area is 143 Å². The van der Waals surface area contributed by atoms with Gasteiger partial charge in [-0.15, -0.1) is 12.4 Å². The lowest BCUT2D eigenvalue weighted by Gasteiger charge is -2.36. The molecule has 2 saturated carbocycles. The maximum Gasteiger partial charge on any atom is 0.221 e. The van der Waals surface area contributed by atoms with E-state index in [1.54, 1.807) is 6.07 Å². The Balaban J connectivity index is 0.00000192. The van der Waals surface area contributed by atoms with Gasteiger partial charge in [-0.3, -0.25) is 4.79 Å². The van der Waals surface area contributed by atoms with Crippen LogP contribution in [0.25, 0.3) is 0 Å². The standard InChI is InChI=1S/C18H25FN2O.ClH/c19-15-6-4-5-14(11-15)18(9-10-18)21-16(22)12-17(13-20)7-2-1-3-8-17;/h4-6,11H,1-3,7-10,12-13,20H2,(H,21,22);1H. The van der Waals surface area contributed by atoms with Gasteiger partial charge in [-0.1, -0.05) is 31.4 Å². The molecule has 0 bridgehead atoms. The molecular formula is C18H26ClFN2O. The average Bonchev–Trinajstić information content (AvgIpc) is 3.29. The number of benzene rings is 1. The number of nitrogens with two attached hydrogens (primary N) is 1. The summed E-state index contributed by atoms with van der Waals surface area (Å²) >= 11 is 0. The molecule has 0 radical (unpaired) electrons. The van der Waals surface area contributed by atoms with Crippen molar-refractivity contribution < 1.29 is 9.18 Å². The van der Waals surface area contributed by atoms with Crippen molar-refractivity contribution in [3.05, 3.63) is 35.6 Å². The number of halogens is 2. The van der Waals surface area contributed by atoms with Crippen LogP contribution in [0.3, 0.4) is 0 Å². The van der Waals surface area contributed by atoms with Crippen LogP contribution >= 0.6 is 12.4 Å². The maximum atomic E-state index is 13.4. The van der Waals surface area contributed by atoms with Crippen LogP contribution < -0.4 is 11.1 Å². The maximum absolute atomic E-state index is 13.4. The van der Waals surface area contributed by atoms with Crippen molar-refractivity contribution in [2.75, 3.05) is 6.54 Å². The van der Waals surface area contributed by atoms with Gasteiger partial charge in [0.15, 0.2) is 0 Å². The SMILES string of the molecule is Cl.NCC1(CC(=O)NC2(c3cccc(F)c3)CC2)CCCCC1. The van der Waals surface area contributed by atoms with Crippen molar-refractivity contribution in [3.8, 4) is 0 Å². The molecule has 3 rings (SSSR count). The summed E-state index contributed by atoms with van der Waals surface area (Å²) in [5.41, 5.74) is 6.48. The molecule has 0 unspecified atom stereocenters. The molecule has 0 saturated heterocycles. The van der Waals surface area contributed by atoms with Gasteiger partial charge in [0, 0.05) is 6.42 Å². The van der Waals surface area contributed by atoms with Crippen LogP contribution in [0, 0.1) is 11.2 Å². The zero-order valence-corrected chi connectivity index (χ0v) is 14.3. The molecule has 2 fully saturated rings. The highest BCUT2D eigenvalue weighted by Gasteiger charge is 2.46. The van der Waals surface area contributed by atoms with Gasteiger partial charge in [-0.2, -0.15) is 0 Å². The molecular weight excluding hydrogens is 315 g/mol. The molecule has 1 aromatic rings. The van der Waals surface area contributed by atoms with Crippen LogP contribution in [0.15, 0.2) is 24.3 Å². The second-order valence-electron chi connectivity index (χ2n) is 7.08. The average molecular weight is 341 g/mol. The van der Waals surface area contributed by atoms with Crippen molar-refractivity contribution in [1.29, 1.82) is 0 Å². The van der Waals surface area contributed by atoms with Crippen molar-refractivity contribution >= 4 is 18.3 Å². The van der Waals surface area contributed by atoms with E-state index in [4.69, 9.17) is 5.73 Å². The molecule has 23 heavy (non-hydrogen) atoms. The Kier molecular flexibility index (Phi) is 5.69. The molecule has 0 atom stereocenters. The van der Waals surface area contributed by atoms with Gasteiger partial charge in [0.05, 0.1) is 5.54 Å². The molecule has 2 aliphatic rings. The lowest BCUT2D eigenvalue weighted by Crippen LogP contribution is -2.42. The third kappa shape index (κ3) is 4.04. The van der Waals surface area contributed by atoms with Crippen LogP contribution in [0.4, 0.5) is 4.39 Å². The van der Waals surface area contributed by atoms with Crippen LogP contribution in [-0.2, 0) is 10.3 Å². The van der Waals surface area contributed by atoms with Gasteiger partial charge in [0.25, 0.3) is 0 Å². The normalized spacial score (nSPS) is 21.1. The Bertz CT molecular complexity index is 554. The van der Waals surface area contributed by atoms with E-state index in [0.29, 0.717) is 13.0 Å². The summed E-state index contributed by atoms with van der Waals surface area (Å²) in [5.74, 6) is -0.183. The van der Waals surface area contributed by atoms with Crippen molar-refractivity contribution in [2.24, 2.45) is 11.1 Å². The van der Waals surface area contributed by atoms with E-state index in [1.165, 1.54) is 31.4 Å². The smallest absolute Gasteiger partial charge is 0.221 e. The van der Waals surface area contributed by atoms with E-state index in [1.807, 2.05) is 6.07 Å². The molecule has 1 aromatic carbocycles. The highest BCUT2D eigenvalue weighted by molar-refractivity contribution is 5.85. The Morgan fingerprint density at radius 3 is 2.43 bits per heavy atom. The zero-order chi connectivity index (χ0) is 15.6. The van der Waals surface area contributed by atoms with Crippen molar-refractivity contribution in [3.63, 3.8) is 0 Å². The Morgan fingerprint density at radius 1 is 1.17 bits per heavy atom. The van der Waals surface area contributed by atoms with Gasteiger partial charge in [0.1, 0.15) is 5.82 Å². The summed E-state index contributed by atoms with van der Waals surface area (Å²) in [6, 6.07) is 6.58. The Hall–Kier alpha value is -1.13. The summed E-state index contributed by atoms with van der Waals surface area (Å²) in [5, 5.41) is 3.16. The number of carbonyl (C=O) groups is 1. The second kappa shape index (κ2) is 7.18. The number of amides is 1. The lowest BCUT2D eigenvalue weighted by molar-refractivity contribution is -0.125. The highest BCUT2D eigenvalue weighted by Crippen LogP contribution is 2.46. The minimum absolute atomic E-state index is 0. The van der Waals surface area contributed by atoms with Crippen LogP contribution in [0.5, 0.6) is 0 Å². The molecule has 128 valence electrons. The predicted molar refractivity (Wildman–Crippen MR) is 91.9 cm³/mol. The molecule has 0 spiro atoms. The Morgan fingerprint density at radius 2 is 1.87 bits per heavy atom. The van der Waals surface area contributed by atoms with Gasteiger partial charge in [-0.25, -0.2) is 4.39 Å². The van der Waals surface area contributed by atoms with Gasteiger partial charge in [-0.05, 0) is 55.3 Å². The van der Waals surface area contributed by atoms with Crippen LogP contribution in [0.2, 0.25) is 0 Å². The first kappa shape index (κ1) is 18.2. The summed E-state index contributed by atoms with van der Waals surface area (Å²) in [7, 11) is 0. The molecule has 0 aromatic heterocycles. The third-order valence-electron chi connectivity index (χ3n) is 5.39. The summed E-state index contributed by atoms with van der Waals surface area (Å²) in [6.07, 6.45) is 7.94. The summed E-state index contributed by atoms with van der Waals surface area (Å²) < 4.78 is 13.4. The minimum atomic E-state index is -0.344. The van der Waals surface area contributed by atoms with E-state index >= 15 is 0 Å². The van der Waals surface area contributed by atoms with E-state index in [9.17, 15) is 9.18 Å². The quantitative estimate of drug-likeness (QED) is 0.859. The number of carbonyl (C=O) groups excluding carboxylic acids is 1. The summed E-state index contributed by atoms with van der Waals surface area (Å²) in [6.45, 7) is 0.577. The van der Waals surface area contributed by atoms with Gasteiger partial charge in [0.2, 0.25) is 5.91 Å². The largest absolute Gasteiger partial charge is 0.347 e. The lowest BCUT2D eigenvalue weighted by atomic mass is 9.71. The summed E-state index contributed by atoms with van der Waals surface area (Å²) in [4.78, 5) is 12.5. The molecule has 1 amide bonds. The first-order chi connectivity index (χ1) is 10.6. The fourth-order valence-corrected chi connectivity index (χ4v) is 3.80. The first-order valence-electron chi connectivity index (χ1n) is 8.35. The fourth-order valence-electron chi connectivity index (χ4n) is 3.80. The van der Waals surface area contributed by atoms with E-state index in [-0.39, 0.29) is 35.1 Å². The van der Waals surface area contributed by atoms with Gasteiger partial charge < -0.3 is 11.1 Å². The highest BCUT2D eigenvalue weighted by atomic mass is 35.5. The van der Waals surface area contributed by atoms with Crippen molar-refractivity contribution in [1.82, 2.24) is 5.32 Å². The zero-order valence-electron chi connectivity index (χ0n) is 13.4. The first-order valence-corrected chi connectivity index (χ1v) is 8.35. The number of rotatable bonds is 5.